The van der Waals surface area contributed by atoms with E-state index in [1.807, 2.05) is 33.0 Å². The first-order chi connectivity index (χ1) is 19.1. The molecule has 3 fully saturated rings. The number of benzene rings is 1. The van der Waals surface area contributed by atoms with Crippen molar-refractivity contribution in [3.05, 3.63) is 41.6 Å². The van der Waals surface area contributed by atoms with Gasteiger partial charge in [-0.3, -0.25) is 28.9 Å². The predicted molar refractivity (Wildman–Crippen MR) is 147 cm³/mol. The van der Waals surface area contributed by atoms with Crippen LogP contribution in [-0.4, -0.2) is 92.4 Å². The van der Waals surface area contributed by atoms with Crippen LogP contribution >= 0.6 is 0 Å². The van der Waals surface area contributed by atoms with E-state index in [2.05, 4.69) is 33.5 Å². The molecule has 3 N–H and O–H groups in total. The Kier molecular flexibility index (Phi) is 5.56. The van der Waals surface area contributed by atoms with Gasteiger partial charge in [0, 0.05) is 36.2 Å². The Balaban J connectivity index is 1.21. The Labute approximate surface area is 233 Å². The summed E-state index contributed by atoms with van der Waals surface area (Å²) in [6.45, 7) is 6.36. The lowest BCUT2D eigenvalue weighted by Gasteiger charge is -2.50. The van der Waals surface area contributed by atoms with Gasteiger partial charge in [0.1, 0.15) is 12.1 Å². The number of hydrogen-bond acceptors (Lipinski definition) is 6. The van der Waals surface area contributed by atoms with E-state index in [0.717, 1.165) is 29.5 Å². The van der Waals surface area contributed by atoms with Gasteiger partial charge in [0.15, 0.2) is 0 Å². The number of piperazine rings is 1. The fourth-order valence-corrected chi connectivity index (χ4v) is 7.77. The highest BCUT2D eigenvalue weighted by molar-refractivity contribution is 6.00. The maximum absolute atomic E-state index is 14.0. The van der Waals surface area contributed by atoms with Gasteiger partial charge in [0.2, 0.25) is 17.5 Å². The van der Waals surface area contributed by atoms with Crippen molar-refractivity contribution in [1.82, 2.24) is 25.0 Å². The standard InChI is InChI=1S/C30H37N5O5/c1-5-16(2)25-27(37)34-11-7-10-23(34)30(39)35(25)28(38)29(3,40-30)32-26(36)18-12-20-19-8-6-9-21-24(19)17(14-31-21)13-22(20)33(4)15-18/h6,8-9,12,14,16,18,22-23,25,31,39H,5,7,10-11,13,15H2,1-4H3,(H,32,36)/t16-,18+,22+,23-,25-,29+,30-/m0/s1. The molecule has 7 atom stereocenters. The number of aromatic nitrogens is 1. The molecular formula is C30H37N5O5. The summed E-state index contributed by atoms with van der Waals surface area (Å²) in [7, 11) is 2.02. The summed E-state index contributed by atoms with van der Waals surface area (Å²) in [4.78, 5) is 49.8. The molecule has 5 heterocycles. The van der Waals surface area contributed by atoms with Crippen LogP contribution in [-0.2, 0) is 25.5 Å². The van der Waals surface area contributed by atoms with Crippen molar-refractivity contribution < 1.29 is 24.2 Å². The highest BCUT2D eigenvalue weighted by atomic mass is 16.7. The number of likely N-dealkylation sites (N-methyl/N-ethyl adjacent to an activating group) is 1. The second-order valence-corrected chi connectivity index (χ2v) is 12.4. The number of carbonyl (C=O) groups is 3. The van der Waals surface area contributed by atoms with Gasteiger partial charge in [-0.2, -0.15) is 0 Å². The maximum atomic E-state index is 14.0. The van der Waals surface area contributed by atoms with Crippen LogP contribution in [0.2, 0.25) is 0 Å². The number of carbonyl (C=O) groups excluding carboxylic acids is 3. The van der Waals surface area contributed by atoms with E-state index in [9.17, 15) is 19.5 Å². The van der Waals surface area contributed by atoms with Crippen LogP contribution in [0.25, 0.3) is 16.5 Å². The van der Waals surface area contributed by atoms with Crippen molar-refractivity contribution in [3.63, 3.8) is 0 Å². The second-order valence-electron chi connectivity index (χ2n) is 12.4. The lowest BCUT2D eigenvalue weighted by Crippen LogP contribution is -2.72. The molecule has 1 aromatic heterocycles. The molecule has 10 nitrogen and oxygen atoms in total. The molecule has 10 heteroatoms. The molecular weight excluding hydrogens is 510 g/mol. The van der Waals surface area contributed by atoms with Crippen molar-refractivity contribution in [2.45, 2.75) is 76.2 Å². The first-order valence-electron chi connectivity index (χ1n) is 14.5. The fraction of sp³-hybridized carbons (Fsp3) is 0.567. The third-order valence-electron chi connectivity index (χ3n) is 9.98. The summed E-state index contributed by atoms with van der Waals surface area (Å²) < 4.78 is 6.19. The minimum Gasteiger partial charge on any atom is -0.361 e. The molecule has 0 radical (unpaired) electrons. The smallest absolute Gasteiger partial charge is 0.280 e. The van der Waals surface area contributed by atoms with Crippen LogP contribution in [0.1, 0.15) is 51.2 Å². The Morgan fingerprint density at radius 1 is 1.32 bits per heavy atom. The lowest BCUT2D eigenvalue weighted by atomic mass is 9.79. The average Bonchev–Trinajstić information content (AvgIpc) is 3.63. The number of ether oxygens (including phenoxy) is 1. The molecule has 1 aromatic carbocycles. The predicted octanol–water partition coefficient (Wildman–Crippen LogP) is 1.79. The third kappa shape index (κ3) is 3.36. The van der Waals surface area contributed by atoms with E-state index in [4.69, 9.17) is 4.74 Å². The molecule has 212 valence electrons. The van der Waals surface area contributed by atoms with Gasteiger partial charge in [-0.25, -0.2) is 0 Å². The largest absolute Gasteiger partial charge is 0.361 e. The quantitative estimate of drug-likeness (QED) is 0.537. The number of nitrogens with one attached hydrogen (secondary N) is 2. The number of hydrogen-bond donors (Lipinski definition) is 3. The highest BCUT2D eigenvalue weighted by Crippen LogP contribution is 2.47. The van der Waals surface area contributed by atoms with Crippen molar-refractivity contribution >= 4 is 34.2 Å². The molecule has 2 aromatic rings. The molecule has 3 saturated heterocycles. The van der Waals surface area contributed by atoms with Crippen LogP contribution in [0.3, 0.4) is 0 Å². The first-order valence-corrected chi connectivity index (χ1v) is 14.5. The highest BCUT2D eigenvalue weighted by Gasteiger charge is 2.70. The van der Waals surface area contributed by atoms with Gasteiger partial charge in [0.05, 0.1) is 5.92 Å². The molecule has 1 aliphatic carbocycles. The van der Waals surface area contributed by atoms with Crippen LogP contribution in [0.5, 0.6) is 0 Å². The van der Waals surface area contributed by atoms with Crippen LogP contribution < -0.4 is 5.32 Å². The zero-order chi connectivity index (χ0) is 28.1. The van der Waals surface area contributed by atoms with Crippen molar-refractivity contribution in [2.24, 2.45) is 11.8 Å². The van der Waals surface area contributed by atoms with Crippen molar-refractivity contribution in [2.75, 3.05) is 20.1 Å². The third-order valence-corrected chi connectivity index (χ3v) is 9.98. The Morgan fingerprint density at radius 2 is 2.12 bits per heavy atom. The SMILES string of the molecule is CC[C@H](C)[C@H]1C(=O)N2CCC[C@H]2[C@]2(O)O[C@@](C)(NC(=O)[C@@H]3C=C4c5cccc6[nH]cc(c56)C[C@H]4N(C)C3)C(=O)N12. The average molecular weight is 548 g/mol. The number of nitrogens with zero attached hydrogens (tertiary/aromatic N) is 3. The summed E-state index contributed by atoms with van der Waals surface area (Å²) in [6, 6.07) is 4.83. The molecule has 3 amide bonds. The van der Waals surface area contributed by atoms with Crippen LogP contribution in [0, 0.1) is 11.8 Å². The van der Waals surface area contributed by atoms with Gasteiger partial charge in [0.25, 0.3) is 11.8 Å². The van der Waals surface area contributed by atoms with Crippen molar-refractivity contribution in [3.8, 4) is 0 Å². The van der Waals surface area contributed by atoms with Crippen molar-refractivity contribution in [1.29, 1.82) is 0 Å². The molecule has 0 bridgehead atoms. The molecule has 0 saturated carbocycles. The molecule has 0 spiro atoms. The number of amides is 3. The second kappa shape index (κ2) is 8.64. The molecule has 4 aliphatic heterocycles. The zero-order valence-electron chi connectivity index (χ0n) is 23.4. The topological polar surface area (TPSA) is 118 Å². The minimum atomic E-state index is -1.99. The van der Waals surface area contributed by atoms with Crippen LogP contribution in [0.15, 0.2) is 30.5 Å². The van der Waals surface area contributed by atoms with Gasteiger partial charge >= 0.3 is 0 Å². The molecule has 40 heavy (non-hydrogen) atoms. The Bertz CT molecular complexity index is 1470. The Morgan fingerprint density at radius 3 is 2.90 bits per heavy atom. The fourth-order valence-electron chi connectivity index (χ4n) is 7.77. The molecule has 0 unspecified atom stereocenters. The summed E-state index contributed by atoms with van der Waals surface area (Å²) in [5.74, 6) is -3.79. The number of H-pyrrole nitrogens is 1. The Hall–Kier alpha value is -3.21. The maximum Gasteiger partial charge on any atom is 0.280 e. The van der Waals surface area contributed by atoms with Gasteiger partial charge in [-0.1, -0.05) is 38.5 Å². The number of aromatic amines is 1. The molecule has 5 aliphatic rings. The normalized spacial score (nSPS) is 35.9. The minimum absolute atomic E-state index is 0.156. The lowest BCUT2D eigenvalue weighted by molar-refractivity contribution is -0.317. The van der Waals surface area contributed by atoms with E-state index in [1.54, 1.807) is 4.90 Å². The summed E-state index contributed by atoms with van der Waals surface area (Å²) >= 11 is 0. The first kappa shape index (κ1) is 25.7. The van der Waals surface area contributed by atoms with Gasteiger partial charge < -0.3 is 20.3 Å². The summed E-state index contributed by atoms with van der Waals surface area (Å²) in [5, 5.41) is 16.0. The summed E-state index contributed by atoms with van der Waals surface area (Å²) in [6.07, 6.45) is 6.86. The number of aliphatic hydroxyl groups is 1. The van der Waals surface area contributed by atoms with E-state index < -0.39 is 35.5 Å². The number of fused-ring (bicyclic) bond motifs is 5. The van der Waals surface area contributed by atoms with E-state index in [-0.39, 0.29) is 23.8 Å². The van der Waals surface area contributed by atoms with Crippen LogP contribution in [0.4, 0.5) is 0 Å². The zero-order valence-corrected chi connectivity index (χ0v) is 23.4. The van der Waals surface area contributed by atoms with Gasteiger partial charge in [-0.05, 0) is 61.9 Å². The van der Waals surface area contributed by atoms with Gasteiger partial charge in [-0.15, -0.1) is 0 Å². The molecule has 7 rings (SSSR count). The van der Waals surface area contributed by atoms with E-state index in [0.29, 0.717) is 25.9 Å². The number of rotatable bonds is 4. The van der Waals surface area contributed by atoms with E-state index >= 15 is 0 Å². The monoisotopic (exact) mass is 547 g/mol. The summed E-state index contributed by atoms with van der Waals surface area (Å²) in [5.41, 5.74) is 2.78. The van der Waals surface area contributed by atoms with E-state index in [1.165, 1.54) is 22.8 Å².